The Hall–Kier alpha value is -1.10. The van der Waals surface area contributed by atoms with Crippen LogP contribution in [-0.4, -0.2) is 17.7 Å². The van der Waals surface area contributed by atoms with Crippen molar-refractivity contribution in [2.24, 2.45) is 0 Å². The summed E-state index contributed by atoms with van der Waals surface area (Å²) in [4.78, 5) is 14.8. The Bertz CT molecular complexity index is 236. The molecule has 0 atom stereocenters. The van der Waals surface area contributed by atoms with Crippen molar-refractivity contribution >= 4 is 22.6 Å². The van der Waals surface area contributed by atoms with Crippen molar-refractivity contribution < 1.29 is 9.53 Å². The number of nitrogens with one attached hydrogen (secondary N) is 1. The number of aromatic nitrogens is 1. The number of carbonyl (C=O) groups is 1. The predicted octanol–water partition coefficient (Wildman–Crippen LogP) is 2.10. The maximum atomic E-state index is 10.9. The van der Waals surface area contributed by atoms with Gasteiger partial charge in [0, 0.05) is 11.6 Å². The highest BCUT2D eigenvalue weighted by Crippen LogP contribution is 2.10. The molecule has 66 valence electrons. The number of amides is 1. The van der Waals surface area contributed by atoms with Crippen LogP contribution in [0.1, 0.15) is 13.3 Å². The summed E-state index contributed by atoms with van der Waals surface area (Å²) < 4.78 is 4.78. The maximum absolute atomic E-state index is 10.9. The van der Waals surface area contributed by atoms with Crippen LogP contribution in [0.15, 0.2) is 11.6 Å². The standard InChI is InChI=1S/C7H10N2O2S/c1-2-4-11-7(10)9-6-8-3-5-12-6/h3,5H,2,4H2,1H3,(H,8,9,10). The van der Waals surface area contributed by atoms with Crippen LogP contribution in [0.25, 0.3) is 0 Å². The third kappa shape index (κ3) is 2.87. The van der Waals surface area contributed by atoms with Crippen molar-refractivity contribution in [1.29, 1.82) is 0 Å². The summed E-state index contributed by atoms with van der Waals surface area (Å²) >= 11 is 1.36. The third-order valence-electron chi connectivity index (χ3n) is 1.08. The molecular formula is C7H10N2O2S. The van der Waals surface area contributed by atoms with Gasteiger partial charge in [0.2, 0.25) is 0 Å². The fourth-order valence-electron chi connectivity index (χ4n) is 0.603. The van der Waals surface area contributed by atoms with E-state index in [4.69, 9.17) is 4.74 Å². The average molecular weight is 186 g/mol. The van der Waals surface area contributed by atoms with E-state index in [0.29, 0.717) is 11.7 Å². The molecule has 0 saturated carbocycles. The van der Waals surface area contributed by atoms with Crippen molar-refractivity contribution in [2.45, 2.75) is 13.3 Å². The molecular weight excluding hydrogens is 176 g/mol. The molecule has 1 heterocycles. The summed E-state index contributed by atoms with van der Waals surface area (Å²) in [7, 11) is 0. The molecule has 0 spiro atoms. The van der Waals surface area contributed by atoms with Gasteiger partial charge in [-0.15, -0.1) is 11.3 Å². The molecule has 1 aromatic heterocycles. The SMILES string of the molecule is CCCOC(=O)Nc1nccs1. The Morgan fingerprint density at radius 3 is 3.25 bits per heavy atom. The van der Waals surface area contributed by atoms with E-state index in [0.717, 1.165) is 6.42 Å². The zero-order valence-corrected chi connectivity index (χ0v) is 7.56. The Labute approximate surface area is 74.6 Å². The van der Waals surface area contributed by atoms with Gasteiger partial charge in [-0.05, 0) is 6.42 Å². The van der Waals surface area contributed by atoms with E-state index in [9.17, 15) is 4.79 Å². The van der Waals surface area contributed by atoms with Crippen molar-refractivity contribution in [3.05, 3.63) is 11.6 Å². The van der Waals surface area contributed by atoms with Gasteiger partial charge in [0.05, 0.1) is 6.61 Å². The third-order valence-corrected chi connectivity index (χ3v) is 1.77. The molecule has 0 fully saturated rings. The van der Waals surface area contributed by atoms with E-state index in [-0.39, 0.29) is 0 Å². The first-order chi connectivity index (χ1) is 5.83. The predicted molar refractivity (Wildman–Crippen MR) is 47.4 cm³/mol. The van der Waals surface area contributed by atoms with Crippen LogP contribution in [0.2, 0.25) is 0 Å². The van der Waals surface area contributed by atoms with Gasteiger partial charge in [0.1, 0.15) is 0 Å². The van der Waals surface area contributed by atoms with E-state index in [1.54, 1.807) is 11.6 Å². The Kier molecular flexibility index (Phi) is 3.53. The quantitative estimate of drug-likeness (QED) is 0.786. The molecule has 0 aromatic carbocycles. The molecule has 0 bridgehead atoms. The molecule has 1 N–H and O–H groups in total. The number of carbonyl (C=O) groups excluding carboxylic acids is 1. The lowest BCUT2D eigenvalue weighted by Gasteiger charge is -2.01. The summed E-state index contributed by atoms with van der Waals surface area (Å²) in [5.74, 6) is 0. The van der Waals surface area contributed by atoms with Crippen molar-refractivity contribution in [1.82, 2.24) is 4.98 Å². The van der Waals surface area contributed by atoms with Crippen molar-refractivity contribution in [3.63, 3.8) is 0 Å². The van der Waals surface area contributed by atoms with E-state index >= 15 is 0 Å². The highest BCUT2D eigenvalue weighted by atomic mass is 32.1. The minimum absolute atomic E-state index is 0.438. The average Bonchev–Trinajstić information content (AvgIpc) is 2.53. The molecule has 0 radical (unpaired) electrons. The highest BCUT2D eigenvalue weighted by Gasteiger charge is 2.02. The summed E-state index contributed by atoms with van der Waals surface area (Å²) in [6.07, 6.45) is 2.01. The summed E-state index contributed by atoms with van der Waals surface area (Å²) in [6.45, 7) is 2.38. The van der Waals surface area contributed by atoms with Gasteiger partial charge < -0.3 is 4.74 Å². The fraction of sp³-hybridized carbons (Fsp3) is 0.429. The van der Waals surface area contributed by atoms with Crippen molar-refractivity contribution in [2.75, 3.05) is 11.9 Å². The van der Waals surface area contributed by atoms with Crippen LogP contribution < -0.4 is 5.32 Å². The zero-order chi connectivity index (χ0) is 8.81. The van der Waals surface area contributed by atoms with Crippen LogP contribution in [0.4, 0.5) is 9.93 Å². The summed E-state index contributed by atoms with van der Waals surface area (Å²) in [5, 5.41) is 4.86. The lowest BCUT2D eigenvalue weighted by atomic mass is 10.5. The zero-order valence-electron chi connectivity index (χ0n) is 6.74. The van der Waals surface area contributed by atoms with Crippen LogP contribution in [0.3, 0.4) is 0 Å². The Morgan fingerprint density at radius 2 is 2.67 bits per heavy atom. The smallest absolute Gasteiger partial charge is 0.413 e. The minimum atomic E-state index is -0.438. The molecule has 0 saturated heterocycles. The number of hydrogen-bond acceptors (Lipinski definition) is 4. The fourth-order valence-corrected chi connectivity index (χ4v) is 1.12. The molecule has 1 rings (SSSR count). The van der Waals surface area contributed by atoms with Crippen LogP contribution in [0, 0.1) is 0 Å². The molecule has 0 unspecified atom stereocenters. The Balaban J connectivity index is 2.27. The van der Waals surface area contributed by atoms with E-state index in [1.807, 2.05) is 6.92 Å². The van der Waals surface area contributed by atoms with Gasteiger partial charge in [-0.25, -0.2) is 9.78 Å². The number of rotatable bonds is 3. The number of anilines is 1. The van der Waals surface area contributed by atoms with Gasteiger partial charge in [-0.1, -0.05) is 6.92 Å². The van der Waals surface area contributed by atoms with E-state index in [2.05, 4.69) is 10.3 Å². The molecule has 1 aromatic rings. The van der Waals surface area contributed by atoms with Crippen LogP contribution >= 0.6 is 11.3 Å². The summed E-state index contributed by atoms with van der Waals surface area (Å²) in [6, 6.07) is 0. The Morgan fingerprint density at radius 1 is 1.83 bits per heavy atom. The summed E-state index contributed by atoms with van der Waals surface area (Å²) in [5.41, 5.74) is 0. The maximum Gasteiger partial charge on any atom is 0.413 e. The van der Waals surface area contributed by atoms with Crippen molar-refractivity contribution in [3.8, 4) is 0 Å². The second-order valence-corrected chi connectivity index (χ2v) is 2.99. The number of thiazole rings is 1. The lowest BCUT2D eigenvalue weighted by Crippen LogP contribution is -2.13. The van der Waals surface area contributed by atoms with Crippen LogP contribution in [0.5, 0.6) is 0 Å². The largest absolute Gasteiger partial charge is 0.449 e. The van der Waals surface area contributed by atoms with Gasteiger partial charge in [0.25, 0.3) is 0 Å². The van der Waals surface area contributed by atoms with Crippen LogP contribution in [-0.2, 0) is 4.74 Å². The van der Waals surface area contributed by atoms with Gasteiger partial charge in [0.15, 0.2) is 5.13 Å². The number of hydrogen-bond donors (Lipinski definition) is 1. The molecule has 4 nitrogen and oxygen atoms in total. The van der Waals surface area contributed by atoms with E-state index in [1.165, 1.54) is 11.3 Å². The highest BCUT2D eigenvalue weighted by molar-refractivity contribution is 7.13. The minimum Gasteiger partial charge on any atom is -0.449 e. The molecule has 12 heavy (non-hydrogen) atoms. The number of ether oxygens (including phenoxy) is 1. The molecule has 0 aliphatic heterocycles. The molecule has 0 aliphatic carbocycles. The molecule has 1 amide bonds. The molecule has 0 aliphatic rings. The van der Waals surface area contributed by atoms with Gasteiger partial charge in [-0.2, -0.15) is 0 Å². The van der Waals surface area contributed by atoms with E-state index < -0.39 is 6.09 Å². The first-order valence-corrected chi connectivity index (χ1v) is 4.54. The van der Waals surface area contributed by atoms with Gasteiger partial charge >= 0.3 is 6.09 Å². The normalized spacial score (nSPS) is 9.42. The monoisotopic (exact) mass is 186 g/mol. The lowest BCUT2D eigenvalue weighted by molar-refractivity contribution is 0.161. The number of nitrogens with zero attached hydrogens (tertiary/aromatic N) is 1. The second kappa shape index (κ2) is 4.71. The molecule has 5 heteroatoms. The first kappa shape index (κ1) is 8.99. The first-order valence-electron chi connectivity index (χ1n) is 3.66. The van der Waals surface area contributed by atoms with Gasteiger partial charge in [-0.3, -0.25) is 5.32 Å². The second-order valence-electron chi connectivity index (χ2n) is 2.10. The topological polar surface area (TPSA) is 51.2 Å².